The number of nitrogens with one attached hydrogen (secondary N) is 2. The van der Waals surface area contributed by atoms with E-state index in [1.807, 2.05) is 6.07 Å². The van der Waals surface area contributed by atoms with Crippen LogP contribution < -0.4 is 26.4 Å². The first-order valence-electron chi connectivity index (χ1n) is 11.2. The number of hydrogen-bond acceptors (Lipinski definition) is 7. The van der Waals surface area contributed by atoms with E-state index >= 15 is 0 Å². The molecule has 0 spiro atoms. The molecule has 0 bridgehead atoms. The number of carboxylic acid groups (broad SMARTS) is 1. The number of nitrogens with two attached hydrogens (primary N) is 2. The fourth-order valence-electron chi connectivity index (χ4n) is 3.33. The van der Waals surface area contributed by atoms with Crippen molar-refractivity contribution in [2.75, 3.05) is 13.2 Å². The number of aliphatic carboxylic acids is 1. The summed E-state index contributed by atoms with van der Waals surface area (Å²) in [7, 11) is -3.97. The number of hydrazine groups is 1. The van der Waals surface area contributed by atoms with E-state index < -0.39 is 33.9 Å². The van der Waals surface area contributed by atoms with Gasteiger partial charge in [0.25, 0.3) is 21.8 Å². The molecule has 1 heterocycles. The van der Waals surface area contributed by atoms with Crippen molar-refractivity contribution in [2.24, 2.45) is 5.73 Å². The molecule has 2 aromatic carbocycles. The van der Waals surface area contributed by atoms with Gasteiger partial charge in [-0.2, -0.15) is 0 Å². The Kier molecular flexibility index (Phi) is 10.3. The normalized spacial score (nSPS) is 15.4. The third kappa shape index (κ3) is 8.97. The number of ether oxygens (including phenoxy) is 1. The van der Waals surface area contributed by atoms with Gasteiger partial charge in [0.05, 0.1) is 30.0 Å². The molecule has 37 heavy (non-hydrogen) atoms. The van der Waals surface area contributed by atoms with Gasteiger partial charge in [0.15, 0.2) is 0 Å². The Labute approximate surface area is 215 Å². The third-order valence-corrected chi connectivity index (χ3v) is 6.67. The maximum absolute atomic E-state index is 12.8. The van der Waals surface area contributed by atoms with E-state index in [1.165, 1.54) is 0 Å². The summed E-state index contributed by atoms with van der Waals surface area (Å²) in [6.07, 6.45) is -1.32. The standard InChI is InChI=1S/C22H27N5O5S.C2H4O2/c1-14-3-4-15(2)19(11-14)33(30,31)26-27-9-10-32-18(22(27)29)12-20(28)25-13-16-5-7-17(8-6-16)21(23)24;1-2(3)4/h3-8,11,18,26H,9-10,12-13H2,1-2H3,(H3,23,24)(H,25,28);1H3,(H,3,4)/t18-;/m0./s1. The summed E-state index contributed by atoms with van der Waals surface area (Å²) >= 11 is 0. The predicted molar refractivity (Wildman–Crippen MR) is 131 cm³/mol. The molecule has 1 aliphatic rings. The summed E-state index contributed by atoms with van der Waals surface area (Å²) in [6, 6.07) is 12.1. The van der Waals surface area contributed by atoms with Crippen molar-refractivity contribution in [3.8, 4) is 0 Å². The molecule has 12 nitrogen and oxygen atoms in total. The van der Waals surface area contributed by atoms with Crippen molar-refractivity contribution < 1.29 is 38.1 Å². The first kappa shape index (κ1) is 29.4. The van der Waals surface area contributed by atoms with Gasteiger partial charge in [0, 0.05) is 12.5 Å². The summed E-state index contributed by atoms with van der Waals surface area (Å²) in [6.45, 7) is 4.81. The van der Waals surface area contributed by atoms with E-state index in [0.29, 0.717) is 11.1 Å². The molecule has 1 aliphatic heterocycles. The van der Waals surface area contributed by atoms with E-state index in [4.69, 9.17) is 25.8 Å². The highest BCUT2D eigenvalue weighted by Crippen LogP contribution is 2.18. The van der Waals surface area contributed by atoms with Crippen LogP contribution in [-0.2, 0) is 35.7 Å². The highest BCUT2D eigenvalue weighted by molar-refractivity contribution is 7.89. The molecular formula is C24H31N5O7S. The zero-order valence-corrected chi connectivity index (χ0v) is 21.6. The van der Waals surface area contributed by atoms with Gasteiger partial charge >= 0.3 is 0 Å². The second-order valence-corrected chi connectivity index (χ2v) is 9.97. The van der Waals surface area contributed by atoms with Crippen molar-refractivity contribution in [2.45, 2.75) is 44.7 Å². The Morgan fingerprint density at radius 2 is 1.81 bits per heavy atom. The lowest BCUT2D eigenvalue weighted by atomic mass is 10.1. The van der Waals surface area contributed by atoms with Crippen LogP contribution in [0, 0.1) is 13.8 Å². The molecule has 1 fully saturated rings. The number of rotatable bonds is 8. The van der Waals surface area contributed by atoms with Gasteiger partial charge in [0.2, 0.25) is 5.91 Å². The van der Waals surface area contributed by atoms with Crippen LogP contribution in [0.15, 0.2) is 47.4 Å². The molecule has 13 heteroatoms. The number of carbonyl (C=O) groups excluding carboxylic acids is 3. The number of morpholine rings is 1. The Bertz CT molecular complexity index is 1260. The largest absolute Gasteiger partial charge is 0.550 e. The Morgan fingerprint density at radius 3 is 2.41 bits per heavy atom. The minimum atomic E-state index is -3.97. The Hall–Kier alpha value is -3.81. The van der Waals surface area contributed by atoms with Crippen LogP contribution in [0.25, 0.3) is 0 Å². The molecule has 1 atom stereocenters. The number of amides is 2. The number of aryl methyl sites for hydroxylation is 2. The zero-order valence-electron chi connectivity index (χ0n) is 20.8. The van der Waals surface area contributed by atoms with Crippen molar-refractivity contribution in [3.05, 3.63) is 64.7 Å². The third-order valence-electron chi connectivity index (χ3n) is 5.19. The zero-order chi connectivity index (χ0) is 27.8. The molecule has 200 valence electrons. The number of sulfonamides is 1. The molecule has 0 aliphatic carbocycles. The highest BCUT2D eigenvalue weighted by Gasteiger charge is 2.34. The van der Waals surface area contributed by atoms with Crippen LogP contribution in [-0.4, -0.2) is 56.3 Å². The van der Waals surface area contributed by atoms with Crippen LogP contribution in [0.1, 0.15) is 35.6 Å². The summed E-state index contributed by atoms with van der Waals surface area (Å²) in [5.74, 6) is -1.90. The lowest BCUT2D eigenvalue weighted by Crippen LogP contribution is -2.56. The molecule has 1 saturated heterocycles. The van der Waals surface area contributed by atoms with Gasteiger partial charge in [-0.1, -0.05) is 24.3 Å². The van der Waals surface area contributed by atoms with Crippen molar-refractivity contribution in [3.63, 3.8) is 0 Å². The minimum Gasteiger partial charge on any atom is -0.550 e. The van der Waals surface area contributed by atoms with E-state index in [-0.39, 0.29) is 36.8 Å². The molecule has 3 rings (SSSR count). The fraction of sp³-hybridized carbons (Fsp3) is 0.333. The first-order valence-corrected chi connectivity index (χ1v) is 12.7. The van der Waals surface area contributed by atoms with E-state index in [0.717, 1.165) is 23.1 Å². The second kappa shape index (κ2) is 12.9. The number of hydrogen-bond donors (Lipinski definition) is 4. The summed E-state index contributed by atoms with van der Waals surface area (Å²) in [4.78, 5) is 36.4. The van der Waals surface area contributed by atoms with Gasteiger partial charge in [-0.3, -0.25) is 25.7 Å². The summed E-state index contributed by atoms with van der Waals surface area (Å²) in [5, 5.41) is 18.1. The molecule has 0 radical (unpaired) electrons. The molecule has 6 N–H and O–H groups in total. The van der Waals surface area contributed by atoms with Gasteiger partial charge in [-0.05, 0) is 55.7 Å². The maximum Gasteiger partial charge on any atom is 0.270 e. The lowest BCUT2D eigenvalue weighted by Gasteiger charge is -2.32. The van der Waals surface area contributed by atoms with Crippen LogP contribution in [0.3, 0.4) is 0 Å². The highest BCUT2D eigenvalue weighted by atomic mass is 32.2. The van der Waals surface area contributed by atoms with Gasteiger partial charge in [0.1, 0.15) is 6.10 Å². The number of carbonyl (C=O) groups is 3. The summed E-state index contributed by atoms with van der Waals surface area (Å²) in [5.41, 5.74) is 8.39. The Morgan fingerprint density at radius 1 is 1.19 bits per heavy atom. The average molecular weight is 534 g/mol. The van der Waals surface area contributed by atoms with Gasteiger partial charge < -0.3 is 20.0 Å². The van der Waals surface area contributed by atoms with Crippen LogP contribution in [0.2, 0.25) is 0 Å². The SMILES string of the molecule is CC(=O)[O-].Cc1ccc(C)c(S(=O)(=O)NN2CCO[C@@H](CC(=O)NCc3ccc(C(N)=[NH2+])cc3)C2=O)c1. The first-order chi connectivity index (χ1) is 17.3. The second-order valence-electron chi connectivity index (χ2n) is 8.34. The molecule has 0 aromatic heterocycles. The van der Waals surface area contributed by atoms with Crippen molar-refractivity contribution in [1.29, 1.82) is 0 Å². The molecule has 0 unspecified atom stereocenters. The van der Waals surface area contributed by atoms with E-state index in [1.54, 1.807) is 50.2 Å². The average Bonchev–Trinajstić information content (AvgIpc) is 2.81. The number of amidine groups is 1. The van der Waals surface area contributed by atoms with Crippen LogP contribution >= 0.6 is 0 Å². The van der Waals surface area contributed by atoms with Crippen molar-refractivity contribution in [1.82, 2.24) is 15.2 Å². The monoisotopic (exact) mass is 533 g/mol. The Balaban J connectivity index is 0.00000112. The van der Waals surface area contributed by atoms with E-state index in [9.17, 15) is 18.0 Å². The summed E-state index contributed by atoms with van der Waals surface area (Å²) < 4.78 is 31.1. The van der Waals surface area contributed by atoms with E-state index in [2.05, 4.69) is 10.1 Å². The topological polar surface area (TPSA) is 197 Å². The quantitative estimate of drug-likeness (QED) is 0.214. The number of carboxylic acids is 1. The lowest BCUT2D eigenvalue weighted by molar-refractivity contribution is -0.302. The van der Waals surface area contributed by atoms with Gasteiger partial charge in [-0.15, -0.1) is 4.83 Å². The molecule has 2 aromatic rings. The molecule has 2 amide bonds. The van der Waals surface area contributed by atoms with Crippen molar-refractivity contribution >= 4 is 33.6 Å². The van der Waals surface area contributed by atoms with Gasteiger partial charge in [-0.25, -0.2) is 8.42 Å². The number of nitrogens with zero attached hydrogens (tertiary/aromatic N) is 1. The smallest absolute Gasteiger partial charge is 0.270 e. The minimum absolute atomic E-state index is 0.0364. The maximum atomic E-state index is 12.8. The predicted octanol–water partition coefficient (Wildman–Crippen LogP) is -2.35. The molecular weight excluding hydrogens is 502 g/mol. The van der Waals surface area contributed by atoms with Crippen LogP contribution in [0.5, 0.6) is 0 Å². The molecule has 0 saturated carbocycles. The number of benzene rings is 2. The fourth-order valence-corrected chi connectivity index (χ4v) is 4.73. The van der Waals surface area contributed by atoms with Crippen LogP contribution in [0.4, 0.5) is 0 Å².